The minimum absolute atomic E-state index is 0.263. The van der Waals surface area contributed by atoms with Crippen LogP contribution >= 0.6 is 0 Å². The number of halogens is 1. The van der Waals surface area contributed by atoms with Crippen LogP contribution in [0.15, 0.2) is 18.2 Å². The Morgan fingerprint density at radius 2 is 1.80 bits per heavy atom. The summed E-state index contributed by atoms with van der Waals surface area (Å²) >= 11 is 0. The molecule has 1 N–H and O–H groups in total. The Kier molecular flexibility index (Phi) is 4.94. The molecular formula is C18H21FN4O2. The molecule has 1 aliphatic heterocycles. The molecule has 1 aromatic heterocycles. The van der Waals surface area contributed by atoms with Gasteiger partial charge < -0.3 is 15.0 Å². The molecular weight excluding hydrogens is 323 g/mol. The number of nitrogens with one attached hydrogen (secondary N) is 1. The summed E-state index contributed by atoms with van der Waals surface area (Å²) in [4.78, 5) is 23.5. The van der Waals surface area contributed by atoms with E-state index in [1.165, 1.54) is 6.07 Å². The Morgan fingerprint density at radius 1 is 1.16 bits per heavy atom. The number of nitrogens with zero attached hydrogens (tertiary/aromatic N) is 3. The van der Waals surface area contributed by atoms with Crippen LogP contribution in [0.1, 0.15) is 27.3 Å². The number of amides is 1. The van der Waals surface area contributed by atoms with Crippen molar-refractivity contribution in [2.45, 2.75) is 20.8 Å². The maximum Gasteiger partial charge on any atom is 0.255 e. The largest absolute Gasteiger partial charge is 0.378 e. The van der Waals surface area contributed by atoms with Crippen LogP contribution in [0.3, 0.4) is 0 Å². The quantitative estimate of drug-likeness (QED) is 0.927. The summed E-state index contributed by atoms with van der Waals surface area (Å²) in [6, 6.07) is 4.42. The number of morpholine rings is 1. The van der Waals surface area contributed by atoms with E-state index in [0.717, 1.165) is 13.1 Å². The number of carbonyl (C=O) groups is 1. The first kappa shape index (κ1) is 17.3. The lowest BCUT2D eigenvalue weighted by atomic mass is 10.1. The second kappa shape index (κ2) is 7.14. The normalized spacial score (nSPS) is 14.5. The standard InChI is InChI=1S/C18H21FN4O2/c1-11-4-5-14(10-15(11)19)17(24)22-16-12(2)20-18(21-13(16)3)23-6-8-25-9-7-23/h4-5,10H,6-9H2,1-3H3,(H,22,24). The van der Waals surface area contributed by atoms with Gasteiger partial charge in [0.25, 0.3) is 5.91 Å². The first-order valence-corrected chi connectivity index (χ1v) is 8.21. The molecule has 0 unspecified atom stereocenters. The van der Waals surface area contributed by atoms with Crippen molar-refractivity contribution < 1.29 is 13.9 Å². The fourth-order valence-corrected chi connectivity index (χ4v) is 2.70. The molecule has 132 valence electrons. The van der Waals surface area contributed by atoms with Crippen molar-refractivity contribution in [2.75, 3.05) is 36.5 Å². The summed E-state index contributed by atoms with van der Waals surface area (Å²) in [6.07, 6.45) is 0. The summed E-state index contributed by atoms with van der Waals surface area (Å²) in [5.41, 5.74) is 2.68. The van der Waals surface area contributed by atoms with E-state index in [9.17, 15) is 9.18 Å². The number of aryl methyl sites for hydroxylation is 3. The van der Waals surface area contributed by atoms with E-state index in [4.69, 9.17) is 4.74 Å². The highest BCUT2D eigenvalue weighted by molar-refractivity contribution is 6.04. The van der Waals surface area contributed by atoms with Crippen molar-refractivity contribution in [2.24, 2.45) is 0 Å². The van der Waals surface area contributed by atoms with E-state index in [2.05, 4.69) is 20.2 Å². The van der Waals surface area contributed by atoms with Gasteiger partial charge in [-0.15, -0.1) is 0 Å². The molecule has 1 aromatic carbocycles. The summed E-state index contributed by atoms with van der Waals surface area (Å²) in [7, 11) is 0. The topological polar surface area (TPSA) is 67.4 Å². The number of benzene rings is 1. The molecule has 0 spiro atoms. The zero-order valence-corrected chi connectivity index (χ0v) is 14.6. The minimum atomic E-state index is -0.403. The molecule has 2 heterocycles. The number of anilines is 2. The number of aromatic nitrogens is 2. The van der Waals surface area contributed by atoms with Crippen molar-refractivity contribution >= 4 is 17.5 Å². The number of hydrogen-bond acceptors (Lipinski definition) is 5. The summed E-state index contributed by atoms with van der Waals surface area (Å²) < 4.78 is 19.0. The number of carbonyl (C=O) groups excluding carboxylic acids is 1. The molecule has 6 nitrogen and oxygen atoms in total. The fraction of sp³-hybridized carbons (Fsp3) is 0.389. The fourth-order valence-electron chi connectivity index (χ4n) is 2.70. The van der Waals surface area contributed by atoms with Crippen LogP contribution in [0, 0.1) is 26.6 Å². The van der Waals surface area contributed by atoms with Gasteiger partial charge in [-0.1, -0.05) is 6.07 Å². The van der Waals surface area contributed by atoms with E-state index >= 15 is 0 Å². The molecule has 3 rings (SSSR count). The molecule has 25 heavy (non-hydrogen) atoms. The van der Waals surface area contributed by atoms with Crippen molar-refractivity contribution in [3.05, 3.63) is 46.5 Å². The third kappa shape index (κ3) is 3.76. The molecule has 0 bridgehead atoms. The number of ether oxygens (including phenoxy) is 1. The SMILES string of the molecule is Cc1ccc(C(=O)Nc2c(C)nc(N3CCOCC3)nc2C)cc1F. The number of hydrogen-bond donors (Lipinski definition) is 1. The average molecular weight is 344 g/mol. The molecule has 0 atom stereocenters. The molecule has 1 aliphatic rings. The molecule has 2 aromatic rings. The molecule has 0 radical (unpaired) electrons. The van der Waals surface area contributed by atoms with Crippen LogP contribution in [-0.2, 0) is 4.74 Å². The zero-order chi connectivity index (χ0) is 18.0. The highest BCUT2D eigenvalue weighted by atomic mass is 19.1. The van der Waals surface area contributed by atoms with Crippen LogP contribution in [0.2, 0.25) is 0 Å². The van der Waals surface area contributed by atoms with E-state index < -0.39 is 5.82 Å². The zero-order valence-electron chi connectivity index (χ0n) is 14.6. The smallest absolute Gasteiger partial charge is 0.255 e. The van der Waals surface area contributed by atoms with E-state index in [1.54, 1.807) is 19.1 Å². The van der Waals surface area contributed by atoms with Gasteiger partial charge in [0.05, 0.1) is 30.3 Å². The Balaban J connectivity index is 1.82. The van der Waals surface area contributed by atoms with Gasteiger partial charge in [0, 0.05) is 18.7 Å². The van der Waals surface area contributed by atoms with Gasteiger partial charge in [-0.25, -0.2) is 14.4 Å². The Hall–Kier alpha value is -2.54. The lowest BCUT2D eigenvalue weighted by Gasteiger charge is -2.27. The third-order valence-electron chi connectivity index (χ3n) is 4.23. The van der Waals surface area contributed by atoms with Gasteiger partial charge in [-0.05, 0) is 38.5 Å². The summed E-state index contributed by atoms with van der Waals surface area (Å²) in [5, 5.41) is 2.80. The first-order chi connectivity index (χ1) is 12.0. The second-order valence-electron chi connectivity index (χ2n) is 6.09. The van der Waals surface area contributed by atoms with Crippen LogP contribution in [0.5, 0.6) is 0 Å². The maximum atomic E-state index is 13.7. The second-order valence-corrected chi connectivity index (χ2v) is 6.09. The lowest BCUT2D eigenvalue weighted by Crippen LogP contribution is -2.37. The summed E-state index contributed by atoms with van der Waals surface area (Å²) in [6.45, 7) is 8.09. The predicted octanol–water partition coefficient (Wildman–Crippen LogP) is 2.63. The van der Waals surface area contributed by atoms with Crippen LogP contribution in [0.25, 0.3) is 0 Å². The third-order valence-corrected chi connectivity index (χ3v) is 4.23. The van der Waals surface area contributed by atoms with Crippen molar-refractivity contribution in [1.29, 1.82) is 0 Å². The maximum absolute atomic E-state index is 13.7. The van der Waals surface area contributed by atoms with Crippen LogP contribution in [0.4, 0.5) is 16.0 Å². The number of rotatable bonds is 3. The van der Waals surface area contributed by atoms with Crippen LogP contribution in [-0.4, -0.2) is 42.2 Å². The van der Waals surface area contributed by atoms with Crippen molar-refractivity contribution in [3.8, 4) is 0 Å². The molecule has 1 fully saturated rings. The summed E-state index contributed by atoms with van der Waals surface area (Å²) in [5.74, 6) is -0.148. The van der Waals surface area contributed by atoms with Crippen LogP contribution < -0.4 is 10.2 Å². The van der Waals surface area contributed by atoms with E-state index in [0.29, 0.717) is 41.8 Å². The predicted molar refractivity (Wildman–Crippen MR) is 93.6 cm³/mol. The minimum Gasteiger partial charge on any atom is -0.378 e. The lowest BCUT2D eigenvalue weighted by molar-refractivity contribution is 0.102. The molecule has 0 aliphatic carbocycles. The van der Waals surface area contributed by atoms with Gasteiger partial charge in [-0.2, -0.15) is 0 Å². The molecule has 1 saturated heterocycles. The molecule has 1 amide bonds. The molecule has 7 heteroatoms. The van der Waals surface area contributed by atoms with E-state index in [1.807, 2.05) is 13.8 Å². The van der Waals surface area contributed by atoms with Gasteiger partial charge in [0.1, 0.15) is 5.82 Å². The average Bonchev–Trinajstić information content (AvgIpc) is 2.61. The Bertz CT molecular complexity index is 781. The highest BCUT2D eigenvalue weighted by Gasteiger charge is 2.18. The highest BCUT2D eigenvalue weighted by Crippen LogP contribution is 2.22. The molecule has 0 saturated carbocycles. The van der Waals surface area contributed by atoms with Crippen molar-refractivity contribution in [3.63, 3.8) is 0 Å². The van der Waals surface area contributed by atoms with Gasteiger partial charge >= 0.3 is 0 Å². The van der Waals surface area contributed by atoms with Gasteiger partial charge in [-0.3, -0.25) is 4.79 Å². The van der Waals surface area contributed by atoms with Gasteiger partial charge in [0.2, 0.25) is 5.95 Å². The Labute approximate surface area is 146 Å². The van der Waals surface area contributed by atoms with E-state index in [-0.39, 0.29) is 11.5 Å². The van der Waals surface area contributed by atoms with Gasteiger partial charge in [0.15, 0.2) is 0 Å². The Morgan fingerprint density at radius 3 is 2.40 bits per heavy atom. The first-order valence-electron chi connectivity index (χ1n) is 8.21. The van der Waals surface area contributed by atoms with Crippen molar-refractivity contribution in [1.82, 2.24) is 9.97 Å². The monoisotopic (exact) mass is 344 g/mol.